The lowest BCUT2D eigenvalue weighted by molar-refractivity contribution is -0.660. The van der Waals surface area contributed by atoms with Crippen LogP contribution < -0.4 is 4.57 Å². The summed E-state index contributed by atoms with van der Waals surface area (Å²) in [4.78, 5) is 0. The molecule has 5 aromatic carbocycles. The van der Waals surface area contributed by atoms with E-state index in [1.54, 1.807) is 6.07 Å². The monoisotopic (exact) mass is 508 g/mol. The summed E-state index contributed by atoms with van der Waals surface area (Å²) in [6.07, 6.45) is 2.17. The van der Waals surface area contributed by atoms with Gasteiger partial charge in [-0.25, -0.2) is 8.96 Å². The van der Waals surface area contributed by atoms with Gasteiger partial charge in [-0.2, -0.15) is 0 Å². The highest BCUT2D eigenvalue weighted by atomic mass is 19.1. The van der Waals surface area contributed by atoms with E-state index in [1.165, 1.54) is 16.7 Å². The first-order valence-corrected chi connectivity index (χ1v) is 13.2. The van der Waals surface area contributed by atoms with Gasteiger partial charge in [-0.3, -0.25) is 0 Å². The first-order chi connectivity index (χ1) is 19.0. The van der Waals surface area contributed by atoms with Gasteiger partial charge in [-0.05, 0) is 65.1 Å². The summed E-state index contributed by atoms with van der Waals surface area (Å²) in [7, 11) is 2.07. The molecule has 0 atom stereocenters. The third-order valence-electron chi connectivity index (χ3n) is 7.82. The van der Waals surface area contributed by atoms with Crippen molar-refractivity contribution >= 4 is 32.7 Å². The second kappa shape index (κ2) is 8.92. The molecule has 7 aromatic rings. The van der Waals surface area contributed by atoms with Crippen LogP contribution in [0.25, 0.3) is 66.2 Å². The van der Waals surface area contributed by atoms with Crippen molar-refractivity contribution in [3.63, 3.8) is 0 Å². The number of pyridine rings is 1. The summed E-state index contributed by atoms with van der Waals surface area (Å²) in [5, 5.41) is 4.08. The van der Waals surface area contributed by atoms with Crippen molar-refractivity contribution in [1.29, 1.82) is 0 Å². The summed E-state index contributed by atoms with van der Waals surface area (Å²) in [5.41, 5.74) is 9.38. The molecule has 0 bridgehead atoms. The topological polar surface area (TPSA) is 17.0 Å². The predicted octanol–water partition coefficient (Wildman–Crippen LogP) is 9.32. The largest absolute Gasteiger partial charge is 0.454 e. The second-order valence-corrected chi connectivity index (χ2v) is 10.3. The number of fused-ring (bicyclic) bond motifs is 4. The fourth-order valence-electron chi connectivity index (χ4n) is 5.87. The SMILES string of the molecule is Cc1c[n+](C)c(-c2c(C)ccc3c2oc2c(-c4ccc5ccccc5c4)c(F)ccc23)cc1-c1ccccc1. The molecule has 0 spiro atoms. The van der Waals surface area contributed by atoms with Crippen LogP contribution in [-0.2, 0) is 7.05 Å². The predicted molar refractivity (Wildman–Crippen MR) is 158 cm³/mol. The van der Waals surface area contributed by atoms with Gasteiger partial charge in [-0.15, -0.1) is 0 Å². The number of rotatable bonds is 3. The van der Waals surface area contributed by atoms with Crippen LogP contribution in [0.3, 0.4) is 0 Å². The summed E-state index contributed by atoms with van der Waals surface area (Å²) < 4.78 is 24.4. The molecule has 0 aliphatic rings. The normalized spacial score (nSPS) is 11.6. The fraction of sp³-hybridized carbons (Fsp3) is 0.0833. The Balaban J connectivity index is 1.51. The van der Waals surface area contributed by atoms with E-state index in [2.05, 4.69) is 86.3 Å². The van der Waals surface area contributed by atoms with E-state index in [4.69, 9.17) is 4.42 Å². The lowest BCUT2D eigenvalue weighted by atomic mass is 9.95. The molecular formula is C36H27FNO+. The number of benzene rings is 5. The summed E-state index contributed by atoms with van der Waals surface area (Å²) in [5.74, 6) is -0.289. The van der Waals surface area contributed by atoms with E-state index in [0.29, 0.717) is 11.1 Å². The van der Waals surface area contributed by atoms with Gasteiger partial charge >= 0.3 is 0 Å². The standard InChI is InChI=1S/C36H27FNO/c1-22-13-16-28-29-17-18-31(37)34(27-15-14-24-9-7-8-12-26(24)19-27)36(29)39-35(28)33(22)32-20-30(23(2)21-38(32)3)25-10-5-4-6-11-25/h4-21H,1-3H3/q+1. The zero-order valence-corrected chi connectivity index (χ0v) is 22.1. The zero-order chi connectivity index (χ0) is 26.7. The number of hydrogen-bond donors (Lipinski definition) is 0. The average Bonchev–Trinajstić information content (AvgIpc) is 3.32. The van der Waals surface area contributed by atoms with Crippen LogP contribution in [0.5, 0.6) is 0 Å². The van der Waals surface area contributed by atoms with Gasteiger partial charge in [0.05, 0.1) is 11.1 Å². The number of halogens is 1. The third kappa shape index (κ3) is 3.73. The Bertz CT molecular complexity index is 2050. The Morgan fingerprint density at radius 3 is 2.10 bits per heavy atom. The molecule has 0 amide bonds. The van der Waals surface area contributed by atoms with Crippen molar-refractivity contribution in [2.24, 2.45) is 7.05 Å². The van der Waals surface area contributed by atoms with E-state index in [-0.39, 0.29) is 5.82 Å². The molecule has 0 fully saturated rings. The Kier molecular flexibility index (Phi) is 5.34. The van der Waals surface area contributed by atoms with Crippen LogP contribution in [0.15, 0.2) is 114 Å². The van der Waals surface area contributed by atoms with E-state index >= 15 is 4.39 Å². The fourth-order valence-corrected chi connectivity index (χ4v) is 5.87. The van der Waals surface area contributed by atoms with E-state index in [0.717, 1.165) is 49.5 Å². The maximum absolute atomic E-state index is 15.5. The lowest BCUT2D eigenvalue weighted by Gasteiger charge is -2.10. The minimum Gasteiger partial charge on any atom is -0.454 e. The Morgan fingerprint density at radius 2 is 1.31 bits per heavy atom. The third-order valence-corrected chi connectivity index (χ3v) is 7.82. The molecule has 0 aliphatic carbocycles. The van der Waals surface area contributed by atoms with E-state index in [9.17, 15) is 0 Å². The van der Waals surface area contributed by atoms with Gasteiger partial charge in [0.2, 0.25) is 5.69 Å². The lowest BCUT2D eigenvalue weighted by Crippen LogP contribution is -2.31. The molecule has 39 heavy (non-hydrogen) atoms. The van der Waals surface area contributed by atoms with Crippen LogP contribution in [0, 0.1) is 19.7 Å². The maximum atomic E-state index is 15.5. The molecule has 0 radical (unpaired) electrons. The van der Waals surface area contributed by atoms with E-state index in [1.807, 2.05) is 42.5 Å². The number of aromatic nitrogens is 1. The quantitative estimate of drug-likeness (QED) is 0.217. The van der Waals surface area contributed by atoms with Crippen molar-refractivity contribution in [3.8, 4) is 33.5 Å². The molecule has 3 heteroatoms. The number of nitrogens with zero attached hydrogens (tertiary/aromatic N) is 1. The molecule has 2 aromatic heterocycles. The molecule has 7 rings (SSSR count). The highest BCUT2D eigenvalue weighted by molar-refractivity contribution is 6.13. The smallest absolute Gasteiger partial charge is 0.216 e. The average molecular weight is 509 g/mol. The molecule has 0 N–H and O–H groups in total. The van der Waals surface area contributed by atoms with Gasteiger partial charge in [0.1, 0.15) is 24.0 Å². The Labute approximate surface area is 226 Å². The highest BCUT2D eigenvalue weighted by Crippen LogP contribution is 2.42. The molecular weight excluding hydrogens is 481 g/mol. The summed E-state index contributed by atoms with van der Waals surface area (Å²) in [6.45, 7) is 4.24. The zero-order valence-electron chi connectivity index (χ0n) is 22.1. The molecule has 2 heterocycles. The molecule has 2 nitrogen and oxygen atoms in total. The van der Waals surface area contributed by atoms with Crippen molar-refractivity contribution in [2.45, 2.75) is 13.8 Å². The van der Waals surface area contributed by atoms with Crippen molar-refractivity contribution < 1.29 is 13.4 Å². The van der Waals surface area contributed by atoms with E-state index < -0.39 is 0 Å². The minimum absolute atomic E-state index is 0.289. The summed E-state index contributed by atoms with van der Waals surface area (Å²) in [6, 6.07) is 34.5. The second-order valence-electron chi connectivity index (χ2n) is 10.3. The number of furan rings is 1. The maximum Gasteiger partial charge on any atom is 0.216 e. The van der Waals surface area contributed by atoms with Gasteiger partial charge < -0.3 is 4.42 Å². The van der Waals surface area contributed by atoms with Crippen molar-refractivity contribution in [2.75, 3.05) is 0 Å². The van der Waals surface area contributed by atoms with Crippen LogP contribution in [-0.4, -0.2) is 0 Å². The molecule has 0 saturated carbocycles. The Morgan fingerprint density at radius 1 is 0.615 bits per heavy atom. The van der Waals surface area contributed by atoms with Crippen LogP contribution in [0.2, 0.25) is 0 Å². The molecule has 0 unspecified atom stereocenters. The molecule has 0 saturated heterocycles. The van der Waals surface area contributed by atoms with Gasteiger partial charge in [0.15, 0.2) is 6.20 Å². The summed E-state index contributed by atoms with van der Waals surface area (Å²) >= 11 is 0. The van der Waals surface area contributed by atoms with Crippen LogP contribution >= 0.6 is 0 Å². The van der Waals surface area contributed by atoms with Gasteiger partial charge in [-0.1, -0.05) is 78.9 Å². The van der Waals surface area contributed by atoms with Gasteiger partial charge in [0.25, 0.3) is 0 Å². The minimum atomic E-state index is -0.289. The first-order valence-electron chi connectivity index (χ1n) is 13.2. The Hall–Kier alpha value is -4.76. The van der Waals surface area contributed by atoms with Crippen molar-refractivity contribution in [3.05, 3.63) is 126 Å². The number of aryl methyl sites for hydroxylation is 3. The number of hydrogen-bond acceptors (Lipinski definition) is 1. The van der Waals surface area contributed by atoms with Crippen LogP contribution in [0.4, 0.5) is 4.39 Å². The first kappa shape index (κ1) is 23.4. The molecule has 0 aliphatic heterocycles. The van der Waals surface area contributed by atoms with Crippen LogP contribution in [0.1, 0.15) is 11.1 Å². The van der Waals surface area contributed by atoms with Crippen molar-refractivity contribution in [1.82, 2.24) is 0 Å². The van der Waals surface area contributed by atoms with Gasteiger partial charge in [0, 0.05) is 22.4 Å². The molecule has 188 valence electrons. The highest BCUT2D eigenvalue weighted by Gasteiger charge is 2.24.